The number of pyridine rings is 1. The largest absolute Gasteiger partial charge is 0.337 e. The smallest absolute Gasteiger partial charge is 0.272 e. The van der Waals surface area contributed by atoms with Crippen LogP contribution in [0.15, 0.2) is 61.2 Å². The molecule has 1 aliphatic rings. The Labute approximate surface area is 157 Å². The molecule has 0 atom stereocenters. The number of hydrogen-bond donors (Lipinski definition) is 0. The van der Waals surface area contributed by atoms with E-state index in [-0.39, 0.29) is 11.7 Å². The van der Waals surface area contributed by atoms with Crippen LogP contribution in [0.1, 0.15) is 29.0 Å². The highest BCUT2D eigenvalue weighted by Crippen LogP contribution is 2.23. The van der Waals surface area contributed by atoms with Crippen LogP contribution in [0, 0.1) is 11.7 Å². The Hall–Kier alpha value is -3.02. The molecule has 0 spiro atoms. The first-order valence-corrected chi connectivity index (χ1v) is 9.18. The lowest BCUT2D eigenvalue weighted by Gasteiger charge is -2.32. The lowest BCUT2D eigenvalue weighted by Crippen LogP contribution is -2.39. The van der Waals surface area contributed by atoms with E-state index < -0.39 is 0 Å². The second-order valence-corrected chi connectivity index (χ2v) is 6.89. The number of rotatable bonds is 4. The van der Waals surface area contributed by atoms with E-state index in [0.717, 1.165) is 43.7 Å². The van der Waals surface area contributed by atoms with E-state index in [1.807, 2.05) is 23.2 Å². The van der Waals surface area contributed by atoms with Crippen molar-refractivity contribution < 1.29 is 9.18 Å². The molecule has 138 valence electrons. The van der Waals surface area contributed by atoms with Gasteiger partial charge in [-0.1, -0.05) is 6.07 Å². The number of imidazole rings is 1. The van der Waals surface area contributed by atoms with Gasteiger partial charge in [-0.3, -0.25) is 14.3 Å². The van der Waals surface area contributed by atoms with Crippen LogP contribution in [0.2, 0.25) is 0 Å². The minimum Gasteiger partial charge on any atom is -0.337 e. The Bertz CT molecular complexity index is 899. The van der Waals surface area contributed by atoms with Crippen molar-refractivity contribution in [2.75, 3.05) is 13.1 Å². The Morgan fingerprint density at radius 1 is 1.11 bits per heavy atom. The number of hydrogen-bond acceptors (Lipinski definition) is 3. The summed E-state index contributed by atoms with van der Waals surface area (Å²) in [5, 5.41) is 0. The summed E-state index contributed by atoms with van der Waals surface area (Å²) in [4.78, 5) is 23.4. The fourth-order valence-corrected chi connectivity index (χ4v) is 3.58. The summed E-state index contributed by atoms with van der Waals surface area (Å²) in [6, 6.07) is 12.0. The standard InChI is InChI=1S/C21H21FN4O/c22-17-4-6-19(7-5-17)26-15-23-14-20(26)21(27)25-11-8-16(9-12-25)13-18-3-1-2-10-24-18/h1-7,10,14-16H,8-9,11-13H2. The zero-order valence-electron chi connectivity index (χ0n) is 15.0. The summed E-state index contributed by atoms with van der Waals surface area (Å²) >= 11 is 0. The SMILES string of the molecule is O=C(c1cncn1-c1ccc(F)cc1)N1CCC(Cc2ccccn2)CC1. The summed E-state index contributed by atoms with van der Waals surface area (Å²) < 4.78 is 14.9. The molecule has 27 heavy (non-hydrogen) atoms. The third kappa shape index (κ3) is 3.89. The first-order chi connectivity index (χ1) is 13.2. The molecule has 6 heteroatoms. The number of amides is 1. The van der Waals surface area contributed by atoms with Gasteiger partial charge in [0.25, 0.3) is 5.91 Å². The van der Waals surface area contributed by atoms with Crippen molar-refractivity contribution in [3.63, 3.8) is 0 Å². The van der Waals surface area contributed by atoms with Crippen LogP contribution in [-0.2, 0) is 6.42 Å². The third-order valence-corrected chi connectivity index (χ3v) is 5.09. The monoisotopic (exact) mass is 364 g/mol. The molecule has 3 aromatic rings. The zero-order valence-corrected chi connectivity index (χ0v) is 15.0. The highest BCUT2D eigenvalue weighted by atomic mass is 19.1. The van der Waals surface area contributed by atoms with Crippen molar-refractivity contribution in [3.05, 3.63) is 78.4 Å². The Balaban J connectivity index is 1.42. The predicted molar refractivity (Wildman–Crippen MR) is 100 cm³/mol. The maximum atomic E-state index is 13.2. The third-order valence-electron chi connectivity index (χ3n) is 5.09. The van der Waals surface area contributed by atoms with Crippen molar-refractivity contribution in [3.8, 4) is 5.69 Å². The van der Waals surface area contributed by atoms with Crippen LogP contribution in [0.5, 0.6) is 0 Å². The van der Waals surface area contributed by atoms with Gasteiger partial charge in [0.1, 0.15) is 11.5 Å². The van der Waals surface area contributed by atoms with Gasteiger partial charge in [0.2, 0.25) is 0 Å². The van der Waals surface area contributed by atoms with E-state index in [1.165, 1.54) is 12.1 Å². The van der Waals surface area contributed by atoms with Gasteiger partial charge >= 0.3 is 0 Å². The molecular formula is C21H21FN4O. The molecule has 1 saturated heterocycles. The maximum Gasteiger partial charge on any atom is 0.272 e. The second-order valence-electron chi connectivity index (χ2n) is 6.89. The van der Waals surface area contributed by atoms with Crippen molar-refractivity contribution >= 4 is 5.91 Å². The molecule has 3 heterocycles. The number of carbonyl (C=O) groups is 1. The Kier molecular flexibility index (Phi) is 4.96. The van der Waals surface area contributed by atoms with E-state index in [2.05, 4.69) is 16.0 Å². The fourth-order valence-electron chi connectivity index (χ4n) is 3.58. The van der Waals surface area contributed by atoms with Crippen LogP contribution in [0.3, 0.4) is 0 Å². The van der Waals surface area contributed by atoms with Gasteiger partial charge in [-0.2, -0.15) is 0 Å². The molecule has 1 aliphatic heterocycles. The summed E-state index contributed by atoms with van der Waals surface area (Å²) in [5.74, 6) is 0.209. The maximum absolute atomic E-state index is 13.2. The first-order valence-electron chi connectivity index (χ1n) is 9.18. The minimum absolute atomic E-state index is 0.0342. The van der Waals surface area contributed by atoms with Gasteiger partial charge in [-0.25, -0.2) is 9.37 Å². The van der Waals surface area contributed by atoms with Gasteiger partial charge in [0.15, 0.2) is 0 Å². The molecule has 2 aromatic heterocycles. The molecule has 0 aliphatic carbocycles. The molecule has 5 nitrogen and oxygen atoms in total. The predicted octanol–water partition coefficient (Wildman–Crippen LogP) is 3.50. The topological polar surface area (TPSA) is 51.0 Å². The van der Waals surface area contributed by atoms with Crippen molar-refractivity contribution in [2.45, 2.75) is 19.3 Å². The molecule has 1 aromatic carbocycles. The molecule has 0 N–H and O–H groups in total. The van der Waals surface area contributed by atoms with Crippen molar-refractivity contribution in [2.24, 2.45) is 5.92 Å². The lowest BCUT2D eigenvalue weighted by atomic mass is 9.92. The van der Waals surface area contributed by atoms with E-state index in [0.29, 0.717) is 11.6 Å². The van der Waals surface area contributed by atoms with Crippen LogP contribution in [0.4, 0.5) is 4.39 Å². The minimum atomic E-state index is -0.304. The van der Waals surface area contributed by atoms with Gasteiger partial charge in [0, 0.05) is 30.7 Å². The molecular weight excluding hydrogens is 343 g/mol. The zero-order chi connectivity index (χ0) is 18.6. The number of nitrogens with zero attached hydrogens (tertiary/aromatic N) is 4. The number of aromatic nitrogens is 3. The molecule has 4 rings (SSSR count). The van der Waals surface area contributed by atoms with Crippen LogP contribution >= 0.6 is 0 Å². The molecule has 0 saturated carbocycles. The second kappa shape index (κ2) is 7.70. The van der Waals surface area contributed by atoms with Crippen LogP contribution in [-0.4, -0.2) is 38.4 Å². The van der Waals surface area contributed by atoms with Crippen molar-refractivity contribution in [1.82, 2.24) is 19.4 Å². The van der Waals surface area contributed by atoms with Gasteiger partial charge in [-0.05, 0) is 61.6 Å². The molecule has 1 amide bonds. The summed E-state index contributed by atoms with van der Waals surface area (Å²) in [5.41, 5.74) is 2.34. The average Bonchev–Trinajstić information content (AvgIpc) is 3.19. The number of benzene rings is 1. The summed E-state index contributed by atoms with van der Waals surface area (Å²) in [7, 11) is 0. The number of likely N-dealkylation sites (tertiary alicyclic amines) is 1. The average molecular weight is 364 g/mol. The van der Waals surface area contributed by atoms with Gasteiger partial charge in [-0.15, -0.1) is 0 Å². The van der Waals surface area contributed by atoms with Crippen LogP contribution < -0.4 is 0 Å². The fraction of sp³-hybridized carbons (Fsp3) is 0.286. The number of carbonyl (C=O) groups excluding carboxylic acids is 1. The van der Waals surface area contributed by atoms with Crippen molar-refractivity contribution in [1.29, 1.82) is 0 Å². The highest BCUT2D eigenvalue weighted by molar-refractivity contribution is 5.93. The van der Waals surface area contributed by atoms with Crippen LogP contribution in [0.25, 0.3) is 5.69 Å². The number of piperidine rings is 1. The van der Waals surface area contributed by atoms with E-state index in [1.54, 1.807) is 29.2 Å². The molecule has 0 unspecified atom stereocenters. The Morgan fingerprint density at radius 3 is 2.59 bits per heavy atom. The van der Waals surface area contributed by atoms with Gasteiger partial charge in [0.05, 0.1) is 12.5 Å². The normalized spacial score (nSPS) is 15.1. The van der Waals surface area contributed by atoms with Gasteiger partial charge < -0.3 is 4.90 Å². The Morgan fingerprint density at radius 2 is 1.89 bits per heavy atom. The van der Waals surface area contributed by atoms with E-state index >= 15 is 0 Å². The highest BCUT2D eigenvalue weighted by Gasteiger charge is 2.26. The summed E-state index contributed by atoms with van der Waals surface area (Å²) in [6.07, 6.45) is 7.88. The quantitative estimate of drug-likeness (QED) is 0.712. The van der Waals surface area contributed by atoms with E-state index in [4.69, 9.17) is 0 Å². The van der Waals surface area contributed by atoms with E-state index in [9.17, 15) is 9.18 Å². The number of halogens is 1. The first kappa shape index (κ1) is 17.4. The molecule has 0 radical (unpaired) electrons. The lowest BCUT2D eigenvalue weighted by molar-refractivity contribution is 0.0682. The summed E-state index contributed by atoms with van der Waals surface area (Å²) in [6.45, 7) is 1.45. The molecule has 0 bridgehead atoms. The molecule has 1 fully saturated rings.